The van der Waals surface area contributed by atoms with E-state index in [2.05, 4.69) is 15.3 Å². The molecule has 2 aromatic heterocycles. The highest BCUT2D eigenvalue weighted by atomic mass is 19.1. The summed E-state index contributed by atoms with van der Waals surface area (Å²) in [6, 6.07) is 9.02. The van der Waals surface area contributed by atoms with Crippen molar-refractivity contribution in [3.63, 3.8) is 0 Å². The third kappa shape index (κ3) is 4.01. The van der Waals surface area contributed by atoms with Crippen LogP contribution in [0.25, 0.3) is 11.0 Å². The molecule has 2 saturated heterocycles. The molecule has 0 unspecified atom stereocenters. The number of hydrogen-bond acceptors (Lipinski definition) is 9. The van der Waals surface area contributed by atoms with E-state index < -0.39 is 11.9 Å². The van der Waals surface area contributed by atoms with E-state index >= 15 is 0 Å². The number of aromatic nitrogens is 2. The number of fused-ring (bicyclic) bond motifs is 2. The predicted molar refractivity (Wildman–Crippen MR) is 125 cm³/mol. The van der Waals surface area contributed by atoms with E-state index in [0.717, 1.165) is 0 Å². The maximum absolute atomic E-state index is 14.7. The second-order valence-corrected chi connectivity index (χ2v) is 8.63. The normalized spacial score (nSPS) is 19.6. The summed E-state index contributed by atoms with van der Waals surface area (Å²) < 4.78 is 36.6. The largest absolute Gasteiger partial charge is 0.486 e. The summed E-state index contributed by atoms with van der Waals surface area (Å²) >= 11 is 0. The number of rotatable bonds is 6. The van der Waals surface area contributed by atoms with Gasteiger partial charge >= 0.3 is 6.09 Å². The number of ether oxygens (including phenoxy) is 4. The molecule has 6 rings (SSSR count). The third-order valence-corrected chi connectivity index (χ3v) is 6.37. The number of hydrogen-bond donors (Lipinski definition) is 1. The van der Waals surface area contributed by atoms with Gasteiger partial charge in [-0.2, -0.15) is 0 Å². The van der Waals surface area contributed by atoms with Crippen LogP contribution in [0.3, 0.4) is 0 Å². The molecule has 10 nitrogen and oxygen atoms in total. The Kier molecular flexibility index (Phi) is 5.40. The molecule has 1 N–H and O–H groups in total. The van der Waals surface area contributed by atoms with Crippen molar-refractivity contribution in [2.45, 2.75) is 12.1 Å². The Hall–Kier alpha value is -3.86. The van der Waals surface area contributed by atoms with Crippen molar-refractivity contribution in [3.8, 4) is 17.4 Å². The van der Waals surface area contributed by atoms with Gasteiger partial charge in [-0.25, -0.2) is 14.2 Å². The molecule has 0 spiro atoms. The van der Waals surface area contributed by atoms with Crippen molar-refractivity contribution in [2.75, 3.05) is 56.3 Å². The zero-order valence-electron chi connectivity index (χ0n) is 19.1. The Morgan fingerprint density at radius 2 is 1.97 bits per heavy atom. The Morgan fingerprint density at radius 3 is 2.80 bits per heavy atom. The van der Waals surface area contributed by atoms with Gasteiger partial charge in [0.1, 0.15) is 30.5 Å². The molecule has 0 aliphatic carbocycles. The molecule has 0 radical (unpaired) electrons. The second kappa shape index (κ2) is 8.73. The number of benzene rings is 1. The molecule has 3 aliphatic rings. The zero-order valence-corrected chi connectivity index (χ0v) is 19.1. The van der Waals surface area contributed by atoms with Crippen LogP contribution in [0.1, 0.15) is 0 Å². The molecule has 11 heteroatoms. The SMILES string of the molecule is COc1ccc2ncc(F)c(N3CC(NC[C@@H]4CN(c5ccc6c(c5)OCCO6)C(=O)O4)C3)c2n1. The maximum atomic E-state index is 14.7. The Labute approximate surface area is 200 Å². The summed E-state index contributed by atoms with van der Waals surface area (Å²) in [5, 5.41) is 3.42. The number of amides is 1. The fourth-order valence-electron chi connectivity index (χ4n) is 4.55. The number of cyclic esters (lactones) is 1. The molecule has 3 aromatic rings. The van der Waals surface area contributed by atoms with Gasteiger partial charge in [0.25, 0.3) is 0 Å². The van der Waals surface area contributed by atoms with Crippen LogP contribution in [0.4, 0.5) is 20.6 Å². The van der Waals surface area contributed by atoms with E-state index in [0.29, 0.717) is 79.2 Å². The van der Waals surface area contributed by atoms with E-state index in [1.807, 2.05) is 11.0 Å². The van der Waals surface area contributed by atoms with E-state index in [1.54, 1.807) is 29.2 Å². The molecule has 1 atom stereocenters. The minimum absolute atomic E-state index is 0.130. The summed E-state index contributed by atoms with van der Waals surface area (Å²) in [6.45, 7) is 3.11. The standard InChI is InChI=1S/C24H24FN5O5/c1-32-21-5-3-18-22(28-21)23(17(25)10-27-18)29-11-14(12-29)26-9-16-13-30(24(31)35-16)15-2-4-19-20(8-15)34-7-6-33-19/h2-5,8,10,14,16,26H,6-7,9,11-13H2,1H3/t16-/m1/s1. The van der Waals surface area contributed by atoms with E-state index in [4.69, 9.17) is 18.9 Å². The summed E-state index contributed by atoms with van der Waals surface area (Å²) in [7, 11) is 1.52. The number of carbonyl (C=O) groups excluding carboxylic acids is 1. The van der Waals surface area contributed by atoms with Gasteiger partial charge < -0.3 is 29.2 Å². The fraction of sp³-hybridized carbons (Fsp3) is 0.375. The van der Waals surface area contributed by atoms with E-state index in [9.17, 15) is 9.18 Å². The van der Waals surface area contributed by atoms with Gasteiger partial charge in [0, 0.05) is 37.8 Å². The fourth-order valence-corrected chi connectivity index (χ4v) is 4.55. The van der Waals surface area contributed by atoms with Gasteiger partial charge in [-0.15, -0.1) is 0 Å². The van der Waals surface area contributed by atoms with Crippen LogP contribution >= 0.6 is 0 Å². The quantitative estimate of drug-likeness (QED) is 0.569. The topological polar surface area (TPSA) is 98.3 Å². The average Bonchev–Trinajstić information content (AvgIpc) is 3.23. The smallest absolute Gasteiger partial charge is 0.414 e. The Balaban J connectivity index is 1.06. The molecule has 35 heavy (non-hydrogen) atoms. The first kappa shape index (κ1) is 21.7. The molecule has 0 bridgehead atoms. The van der Waals surface area contributed by atoms with Crippen LogP contribution in [0.15, 0.2) is 36.5 Å². The first-order valence-electron chi connectivity index (χ1n) is 11.4. The molecule has 1 aromatic carbocycles. The summed E-state index contributed by atoms with van der Waals surface area (Å²) in [5.74, 6) is 1.29. The molecular weight excluding hydrogens is 457 g/mol. The lowest BCUT2D eigenvalue weighted by Crippen LogP contribution is -2.59. The second-order valence-electron chi connectivity index (χ2n) is 8.63. The first-order chi connectivity index (χ1) is 17.1. The minimum Gasteiger partial charge on any atom is -0.486 e. The Bertz CT molecular complexity index is 1280. The lowest BCUT2D eigenvalue weighted by Gasteiger charge is -2.42. The molecule has 2 fully saturated rings. The van der Waals surface area contributed by atoms with Crippen LogP contribution in [0.5, 0.6) is 17.4 Å². The van der Waals surface area contributed by atoms with Gasteiger partial charge in [0.15, 0.2) is 17.3 Å². The molecule has 5 heterocycles. The van der Waals surface area contributed by atoms with Gasteiger partial charge in [-0.3, -0.25) is 9.88 Å². The Morgan fingerprint density at radius 1 is 1.14 bits per heavy atom. The summed E-state index contributed by atoms with van der Waals surface area (Å²) in [6.07, 6.45) is 0.528. The van der Waals surface area contributed by atoms with Crippen molar-refractivity contribution in [1.82, 2.24) is 15.3 Å². The van der Waals surface area contributed by atoms with Crippen molar-refractivity contribution in [2.24, 2.45) is 0 Å². The van der Waals surface area contributed by atoms with Crippen molar-refractivity contribution >= 4 is 28.5 Å². The lowest BCUT2D eigenvalue weighted by atomic mass is 10.1. The van der Waals surface area contributed by atoms with Gasteiger partial charge in [-0.1, -0.05) is 0 Å². The molecular formula is C24H24FN5O5. The average molecular weight is 481 g/mol. The van der Waals surface area contributed by atoms with Crippen LogP contribution < -0.4 is 29.3 Å². The molecule has 3 aliphatic heterocycles. The minimum atomic E-state index is -0.420. The lowest BCUT2D eigenvalue weighted by molar-refractivity contribution is 0.137. The van der Waals surface area contributed by atoms with E-state index in [1.165, 1.54) is 13.3 Å². The monoisotopic (exact) mass is 481 g/mol. The highest BCUT2D eigenvalue weighted by Crippen LogP contribution is 2.35. The van der Waals surface area contributed by atoms with Crippen LogP contribution in [0.2, 0.25) is 0 Å². The number of pyridine rings is 2. The van der Waals surface area contributed by atoms with Gasteiger partial charge in [-0.05, 0) is 18.2 Å². The van der Waals surface area contributed by atoms with Gasteiger partial charge in [0.05, 0.1) is 31.1 Å². The van der Waals surface area contributed by atoms with Crippen molar-refractivity contribution in [3.05, 3.63) is 42.3 Å². The highest BCUT2D eigenvalue weighted by Gasteiger charge is 2.35. The summed E-state index contributed by atoms with van der Waals surface area (Å²) in [5.41, 5.74) is 2.21. The number of methoxy groups -OCH3 is 1. The number of carbonyl (C=O) groups is 1. The molecule has 1 amide bonds. The maximum Gasteiger partial charge on any atom is 0.414 e. The number of anilines is 2. The number of nitrogens with zero attached hydrogens (tertiary/aromatic N) is 4. The van der Waals surface area contributed by atoms with Crippen LogP contribution in [-0.4, -0.2) is 74.7 Å². The number of halogens is 1. The zero-order chi connectivity index (χ0) is 23.9. The first-order valence-corrected chi connectivity index (χ1v) is 11.4. The molecule has 0 saturated carbocycles. The van der Waals surface area contributed by atoms with Crippen molar-refractivity contribution < 1.29 is 28.1 Å². The third-order valence-electron chi connectivity index (χ3n) is 6.37. The van der Waals surface area contributed by atoms with Crippen LogP contribution in [-0.2, 0) is 4.74 Å². The van der Waals surface area contributed by atoms with Crippen LogP contribution in [0, 0.1) is 5.82 Å². The summed E-state index contributed by atoms with van der Waals surface area (Å²) in [4.78, 5) is 24.5. The molecule has 182 valence electrons. The van der Waals surface area contributed by atoms with E-state index in [-0.39, 0.29) is 12.1 Å². The predicted octanol–water partition coefficient (Wildman–Crippen LogP) is 2.35. The number of nitrogens with one attached hydrogen (secondary N) is 1. The highest BCUT2D eigenvalue weighted by molar-refractivity contribution is 5.90. The van der Waals surface area contributed by atoms with Crippen molar-refractivity contribution in [1.29, 1.82) is 0 Å². The van der Waals surface area contributed by atoms with Gasteiger partial charge in [0.2, 0.25) is 5.88 Å².